The number of amidine groups is 1. The maximum atomic E-state index is 13.2. The van der Waals surface area contributed by atoms with Crippen LogP contribution >= 0.6 is 11.3 Å². The molecule has 1 amide bonds. The Labute approximate surface area is 182 Å². The third-order valence-electron chi connectivity index (χ3n) is 4.94. The summed E-state index contributed by atoms with van der Waals surface area (Å²) < 4.78 is 27.7. The van der Waals surface area contributed by atoms with Crippen LogP contribution in [-0.2, 0) is 21.4 Å². The van der Waals surface area contributed by atoms with Gasteiger partial charge in [-0.1, -0.05) is 26.0 Å². The number of hydrogen-bond donors (Lipinski definition) is 2. The molecule has 11 heteroatoms. The van der Waals surface area contributed by atoms with Gasteiger partial charge in [-0.05, 0) is 29.5 Å². The van der Waals surface area contributed by atoms with E-state index in [1.165, 1.54) is 22.3 Å². The van der Waals surface area contributed by atoms with E-state index in [4.69, 9.17) is 0 Å². The molecule has 31 heavy (non-hydrogen) atoms. The molecule has 0 fully saturated rings. The van der Waals surface area contributed by atoms with Gasteiger partial charge < -0.3 is 9.88 Å². The molecule has 4 rings (SSSR count). The summed E-state index contributed by atoms with van der Waals surface area (Å²) in [7, 11) is -2.10. The lowest BCUT2D eigenvalue weighted by atomic mass is 10.0. The number of hydrogen-bond acceptors (Lipinski definition) is 7. The number of nitrogens with one attached hydrogen (secondary N) is 2. The monoisotopic (exact) mass is 459 g/mol. The largest absolute Gasteiger partial charge is 0.336 e. The number of amides is 1. The van der Waals surface area contributed by atoms with Crippen LogP contribution in [0.2, 0.25) is 0 Å². The van der Waals surface area contributed by atoms with Crippen molar-refractivity contribution in [2.45, 2.75) is 31.3 Å². The maximum absolute atomic E-state index is 13.2. The van der Waals surface area contributed by atoms with E-state index in [0.29, 0.717) is 21.6 Å². The Kier molecular flexibility index (Phi) is 5.40. The van der Waals surface area contributed by atoms with Gasteiger partial charge in [0.1, 0.15) is 22.4 Å². The fourth-order valence-corrected chi connectivity index (χ4v) is 5.35. The Morgan fingerprint density at radius 3 is 2.74 bits per heavy atom. The third-order valence-corrected chi connectivity index (χ3v) is 7.24. The summed E-state index contributed by atoms with van der Waals surface area (Å²) in [5.41, 5.74) is 0.785. The first-order valence-corrected chi connectivity index (χ1v) is 11.9. The average Bonchev–Trinajstić information content (AvgIpc) is 3.28. The van der Waals surface area contributed by atoms with Crippen molar-refractivity contribution < 1.29 is 13.2 Å². The van der Waals surface area contributed by atoms with Crippen LogP contribution in [0.3, 0.4) is 0 Å². The number of sulfonamides is 1. The third kappa shape index (κ3) is 3.98. The summed E-state index contributed by atoms with van der Waals surface area (Å²) >= 11 is 1.31. The molecule has 1 aliphatic heterocycles. The number of aliphatic imine (C=N–C) groups is 1. The lowest BCUT2D eigenvalue weighted by molar-refractivity contribution is -0.132. The first kappa shape index (κ1) is 21.2. The fraction of sp³-hybridized carbons (Fsp3) is 0.300. The van der Waals surface area contributed by atoms with Crippen LogP contribution in [-0.4, -0.2) is 48.1 Å². The molecule has 1 aromatic carbocycles. The molecule has 0 unspecified atom stereocenters. The molecular formula is C20H21N5O4S2. The summed E-state index contributed by atoms with van der Waals surface area (Å²) in [6.45, 7) is 3.77. The average molecular weight is 460 g/mol. The van der Waals surface area contributed by atoms with E-state index in [1.54, 1.807) is 36.7 Å². The van der Waals surface area contributed by atoms with Crippen molar-refractivity contribution in [2.24, 2.45) is 10.9 Å². The molecule has 0 saturated carbocycles. The molecule has 9 nitrogen and oxygen atoms in total. The number of nitrogens with zero attached hydrogens (tertiary/aromatic N) is 3. The topological polar surface area (TPSA) is 125 Å². The normalized spacial score (nSPS) is 17.0. The number of carbonyl (C=O) groups excluding carboxylic acids is 1. The number of benzene rings is 1. The highest BCUT2D eigenvalue weighted by Gasteiger charge is 2.33. The lowest BCUT2D eigenvalue weighted by Gasteiger charge is -2.23. The molecule has 2 N–H and O–H groups in total. The van der Waals surface area contributed by atoms with Gasteiger partial charge in [0.25, 0.3) is 15.6 Å². The van der Waals surface area contributed by atoms with Crippen LogP contribution in [0.1, 0.15) is 25.2 Å². The molecule has 3 heterocycles. The Balaban J connectivity index is 1.62. The van der Waals surface area contributed by atoms with Crippen LogP contribution in [0, 0.1) is 5.92 Å². The van der Waals surface area contributed by atoms with E-state index in [-0.39, 0.29) is 34.7 Å². The molecule has 0 radical (unpaired) electrons. The zero-order chi connectivity index (χ0) is 22.3. The van der Waals surface area contributed by atoms with Gasteiger partial charge in [-0.25, -0.2) is 13.4 Å². The predicted molar refractivity (Wildman–Crippen MR) is 119 cm³/mol. The highest BCUT2D eigenvalue weighted by molar-refractivity contribution is 7.90. The van der Waals surface area contributed by atoms with E-state index < -0.39 is 16.1 Å². The number of fused-ring (bicyclic) bond motifs is 2. The van der Waals surface area contributed by atoms with Crippen molar-refractivity contribution in [1.29, 1.82) is 0 Å². The SMILES string of the molecule is CC(C)[C@H](N=C1NS(=O)(=O)c2ccccc21)C(=O)N(C)Cc1nc2ccsc2c(=O)[nH]1. The number of aromatic amines is 1. The quantitative estimate of drug-likeness (QED) is 0.601. The van der Waals surface area contributed by atoms with Gasteiger partial charge in [0, 0.05) is 12.6 Å². The van der Waals surface area contributed by atoms with Crippen LogP contribution < -0.4 is 10.3 Å². The first-order chi connectivity index (χ1) is 14.7. The highest BCUT2D eigenvalue weighted by atomic mass is 32.2. The predicted octanol–water partition coefficient (Wildman–Crippen LogP) is 1.71. The summed E-state index contributed by atoms with van der Waals surface area (Å²) in [4.78, 5) is 38.5. The highest BCUT2D eigenvalue weighted by Crippen LogP contribution is 2.24. The summed E-state index contributed by atoms with van der Waals surface area (Å²) in [6, 6.07) is 7.46. The number of H-pyrrole nitrogens is 1. The number of rotatable bonds is 5. The standard InChI is InChI=1S/C20H21N5O4S2/c1-11(2)16(23-18-12-6-4-5-7-14(12)31(28,29)24-18)20(27)25(3)10-15-21-13-8-9-30-17(13)19(26)22-15/h4-9,11,16H,10H2,1-3H3,(H,23,24)(H,21,22,26)/t16-/m0/s1. The zero-order valence-electron chi connectivity index (χ0n) is 17.1. The smallest absolute Gasteiger partial charge is 0.268 e. The summed E-state index contributed by atoms with van der Waals surface area (Å²) in [5.74, 6) is 0.0290. The van der Waals surface area contributed by atoms with Crippen LogP contribution in [0.25, 0.3) is 10.2 Å². The number of carbonyl (C=O) groups is 1. The minimum atomic E-state index is -3.70. The second kappa shape index (κ2) is 7.89. The molecule has 0 aliphatic carbocycles. The van der Waals surface area contributed by atoms with Crippen molar-refractivity contribution in [3.8, 4) is 0 Å². The maximum Gasteiger partial charge on any atom is 0.268 e. The number of thiophene rings is 1. The van der Waals surface area contributed by atoms with E-state index in [0.717, 1.165) is 0 Å². The summed E-state index contributed by atoms with van der Waals surface area (Å²) in [5, 5.41) is 1.79. The molecule has 1 atom stereocenters. The molecule has 0 spiro atoms. The second-order valence-corrected chi connectivity index (χ2v) is 10.2. The molecule has 3 aromatic rings. The Morgan fingerprint density at radius 1 is 1.26 bits per heavy atom. The van der Waals surface area contributed by atoms with E-state index in [2.05, 4.69) is 19.7 Å². The minimum absolute atomic E-state index is 0.0935. The van der Waals surface area contributed by atoms with Crippen molar-refractivity contribution in [3.05, 3.63) is 57.5 Å². The van der Waals surface area contributed by atoms with Gasteiger partial charge in [-0.2, -0.15) is 0 Å². The van der Waals surface area contributed by atoms with Crippen molar-refractivity contribution in [3.63, 3.8) is 0 Å². The van der Waals surface area contributed by atoms with Gasteiger partial charge >= 0.3 is 0 Å². The van der Waals surface area contributed by atoms with Gasteiger partial charge in [-0.15, -0.1) is 11.3 Å². The van der Waals surface area contributed by atoms with Crippen molar-refractivity contribution in [1.82, 2.24) is 19.6 Å². The van der Waals surface area contributed by atoms with Crippen molar-refractivity contribution in [2.75, 3.05) is 7.05 Å². The molecule has 162 valence electrons. The van der Waals surface area contributed by atoms with Crippen LogP contribution in [0.15, 0.2) is 50.4 Å². The lowest BCUT2D eigenvalue weighted by Crippen LogP contribution is -2.40. The van der Waals surface area contributed by atoms with E-state index in [9.17, 15) is 18.0 Å². The number of likely N-dealkylation sites (N-methyl/N-ethyl adjacent to an activating group) is 1. The Morgan fingerprint density at radius 2 is 2.00 bits per heavy atom. The molecular weight excluding hydrogens is 438 g/mol. The Bertz CT molecular complexity index is 1360. The zero-order valence-corrected chi connectivity index (χ0v) is 18.8. The Hall–Kier alpha value is -3.05. The van der Waals surface area contributed by atoms with Crippen LogP contribution in [0.5, 0.6) is 0 Å². The second-order valence-electron chi connectivity index (χ2n) is 7.61. The van der Waals surface area contributed by atoms with Gasteiger partial charge in [-0.3, -0.25) is 19.3 Å². The molecule has 0 bridgehead atoms. The minimum Gasteiger partial charge on any atom is -0.336 e. The van der Waals surface area contributed by atoms with E-state index >= 15 is 0 Å². The molecule has 0 saturated heterocycles. The van der Waals surface area contributed by atoms with Gasteiger partial charge in [0.15, 0.2) is 0 Å². The molecule has 1 aliphatic rings. The van der Waals surface area contributed by atoms with Gasteiger partial charge in [0.05, 0.1) is 17.0 Å². The fourth-order valence-electron chi connectivity index (χ4n) is 3.38. The molecule has 2 aromatic heterocycles. The van der Waals surface area contributed by atoms with Crippen molar-refractivity contribution >= 4 is 43.3 Å². The first-order valence-electron chi connectivity index (χ1n) is 9.59. The van der Waals surface area contributed by atoms with E-state index in [1.807, 2.05) is 13.8 Å². The summed E-state index contributed by atoms with van der Waals surface area (Å²) in [6.07, 6.45) is 0. The van der Waals surface area contributed by atoms with Gasteiger partial charge in [0.2, 0.25) is 5.91 Å². The van der Waals surface area contributed by atoms with Crippen LogP contribution in [0.4, 0.5) is 0 Å². The number of aromatic nitrogens is 2.